The molecular formula is C10H15N3O. The number of rotatable bonds is 4. The number of methoxy groups -OCH3 is 1. The molecule has 4 N–H and O–H groups in total. The number of ether oxygens (including phenoxy) is 1. The van der Waals surface area contributed by atoms with Gasteiger partial charge in [-0.05, 0) is 24.1 Å². The Hall–Kier alpha value is -1.71. The van der Waals surface area contributed by atoms with E-state index in [4.69, 9.17) is 16.2 Å². The fourth-order valence-electron chi connectivity index (χ4n) is 1.11. The molecule has 0 atom stereocenters. The van der Waals surface area contributed by atoms with Crippen LogP contribution in [-0.2, 0) is 6.42 Å². The molecule has 1 aromatic rings. The van der Waals surface area contributed by atoms with Crippen molar-refractivity contribution in [3.05, 3.63) is 29.8 Å². The fourth-order valence-corrected chi connectivity index (χ4v) is 1.11. The molecule has 0 spiro atoms. The standard InChI is InChI=1S/C10H15N3O/c1-14-9-4-2-8(3-5-9)6-7-13-10(11)12/h2-5H,6-7H2,1H3,(H4,11,12,13)/i10-1. The second-order valence-electron chi connectivity index (χ2n) is 2.90. The molecule has 0 unspecified atom stereocenters. The first-order chi connectivity index (χ1) is 6.72. The predicted octanol–water partition coefficient (Wildman–Crippen LogP) is 0.511. The zero-order valence-corrected chi connectivity index (χ0v) is 8.23. The Bertz CT molecular complexity index is 302. The van der Waals surface area contributed by atoms with E-state index >= 15 is 0 Å². The summed E-state index contributed by atoms with van der Waals surface area (Å²) in [7, 11) is 1.65. The van der Waals surface area contributed by atoms with Gasteiger partial charge in [0.15, 0.2) is 5.96 Å². The predicted molar refractivity (Wildman–Crippen MR) is 57.4 cm³/mol. The molecule has 0 aliphatic rings. The van der Waals surface area contributed by atoms with E-state index in [1.807, 2.05) is 24.3 Å². The van der Waals surface area contributed by atoms with Crippen molar-refractivity contribution in [1.82, 2.24) is 0 Å². The molecule has 0 bridgehead atoms. The van der Waals surface area contributed by atoms with E-state index in [9.17, 15) is 0 Å². The average Bonchev–Trinajstić information content (AvgIpc) is 2.18. The van der Waals surface area contributed by atoms with E-state index < -0.39 is 0 Å². The van der Waals surface area contributed by atoms with Crippen molar-refractivity contribution in [3.63, 3.8) is 0 Å². The van der Waals surface area contributed by atoms with E-state index in [-0.39, 0.29) is 5.96 Å². The first-order valence-corrected chi connectivity index (χ1v) is 4.40. The van der Waals surface area contributed by atoms with Gasteiger partial charge in [-0.2, -0.15) is 0 Å². The third-order valence-electron chi connectivity index (χ3n) is 1.85. The van der Waals surface area contributed by atoms with Gasteiger partial charge in [-0.25, -0.2) is 0 Å². The molecule has 1 aromatic carbocycles. The molecule has 0 aromatic heterocycles. The second-order valence-corrected chi connectivity index (χ2v) is 2.90. The number of hydrogen-bond acceptors (Lipinski definition) is 2. The van der Waals surface area contributed by atoms with Crippen molar-refractivity contribution < 1.29 is 4.74 Å². The van der Waals surface area contributed by atoms with Crippen LogP contribution in [-0.4, -0.2) is 19.6 Å². The summed E-state index contributed by atoms with van der Waals surface area (Å²) in [6.07, 6.45) is 0.835. The van der Waals surface area contributed by atoms with E-state index in [0.29, 0.717) is 6.54 Å². The van der Waals surface area contributed by atoms with Crippen LogP contribution in [0, 0.1) is 0 Å². The van der Waals surface area contributed by atoms with Gasteiger partial charge >= 0.3 is 0 Å². The maximum absolute atomic E-state index is 5.21. The molecule has 0 amide bonds. The summed E-state index contributed by atoms with van der Waals surface area (Å²) >= 11 is 0. The van der Waals surface area contributed by atoms with E-state index in [1.54, 1.807) is 7.11 Å². The van der Waals surface area contributed by atoms with Crippen molar-refractivity contribution in [1.29, 1.82) is 0 Å². The monoisotopic (exact) mass is 192 g/mol. The molecule has 0 saturated carbocycles. The second kappa shape index (κ2) is 5.11. The van der Waals surface area contributed by atoms with Crippen molar-refractivity contribution >= 4 is 5.96 Å². The zero-order chi connectivity index (χ0) is 10.4. The van der Waals surface area contributed by atoms with E-state index in [0.717, 1.165) is 12.2 Å². The summed E-state index contributed by atoms with van der Waals surface area (Å²) in [5, 5.41) is 0. The highest BCUT2D eigenvalue weighted by atomic mass is 16.5. The molecule has 4 heteroatoms. The van der Waals surface area contributed by atoms with Crippen LogP contribution in [0.2, 0.25) is 0 Å². The van der Waals surface area contributed by atoms with Gasteiger partial charge in [0.05, 0.1) is 7.11 Å². The van der Waals surface area contributed by atoms with Gasteiger partial charge < -0.3 is 16.2 Å². The van der Waals surface area contributed by atoms with Crippen LogP contribution < -0.4 is 16.2 Å². The minimum absolute atomic E-state index is 0.138. The van der Waals surface area contributed by atoms with Crippen LogP contribution in [0.3, 0.4) is 0 Å². The molecule has 14 heavy (non-hydrogen) atoms. The minimum Gasteiger partial charge on any atom is -0.497 e. The Morgan fingerprint density at radius 3 is 2.43 bits per heavy atom. The van der Waals surface area contributed by atoms with Gasteiger partial charge in [-0.3, -0.25) is 4.99 Å². The molecule has 0 saturated heterocycles. The number of hydrogen-bond donors (Lipinski definition) is 2. The number of benzene rings is 1. The lowest BCUT2D eigenvalue weighted by Crippen LogP contribution is -2.23. The number of guanidine groups is 1. The van der Waals surface area contributed by atoms with Crippen molar-refractivity contribution in [3.8, 4) is 5.75 Å². The molecule has 4 nitrogen and oxygen atoms in total. The maximum Gasteiger partial charge on any atom is 0.185 e. The minimum atomic E-state index is 0.138. The third kappa shape index (κ3) is 3.35. The molecule has 0 aliphatic heterocycles. The van der Waals surface area contributed by atoms with Gasteiger partial charge in [0.2, 0.25) is 0 Å². The van der Waals surface area contributed by atoms with Gasteiger partial charge in [0.25, 0.3) is 0 Å². The molecule has 1 rings (SSSR count). The van der Waals surface area contributed by atoms with E-state index in [1.165, 1.54) is 5.56 Å². The van der Waals surface area contributed by atoms with Crippen LogP contribution in [0.25, 0.3) is 0 Å². The number of nitrogens with two attached hydrogens (primary N) is 2. The summed E-state index contributed by atoms with van der Waals surface area (Å²) in [6.45, 7) is 0.620. The molecule has 0 fully saturated rings. The molecule has 0 radical (unpaired) electrons. The summed E-state index contributed by atoms with van der Waals surface area (Å²) < 4.78 is 5.04. The topological polar surface area (TPSA) is 73.6 Å². The van der Waals surface area contributed by atoms with Crippen LogP contribution in [0.1, 0.15) is 5.56 Å². The van der Waals surface area contributed by atoms with Gasteiger partial charge in [0.1, 0.15) is 5.75 Å². The largest absolute Gasteiger partial charge is 0.497 e. The molecule has 0 aliphatic carbocycles. The fraction of sp³-hybridized carbons (Fsp3) is 0.300. The molecule has 0 heterocycles. The highest BCUT2D eigenvalue weighted by Gasteiger charge is 1.93. The van der Waals surface area contributed by atoms with Gasteiger partial charge in [0, 0.05) is 6.54 Å². The summed E-state index contributed by atoms with van der Waals surface area (Å²) in [4.78, 5) is 3.90. The van der Waals surface area contributed by atoms with Crippen molar-refractivity contribution in [2.24, 2.45) is 16.5 Å². The van der Waals surface area contributed by atoms with Gasteiger partial charge in [-0.15, -0.1) is 0 Å². The zero-order valence-electron chi connectivity index (χ0n) is 8.23. The highest BCUT2D eigenvalue weighted by Crippen LogP contribution is 2.11. The number of nitrogens with zero attached hydrogens (tertiary/aromatic N) is 1. The Kier molecular flexibility index (Phi) is 3.79. The van der Waals surface area contributed by atoms with Crippen LogP contribution in [0.5, 0.6) is 5.75 Å². The lowest BCUT2D eigenvalue weighted by Gasteiger charge is -2.01. The SMILES string of the molecule is COc1ccc(CCN=[11C](N)N)cc1. The van der Waals surface area contributed by atoms with Gasteiger partial charge in [-0.1, -0.05) is 12.1 Å². The number of aliphatic imine (C=N–C) groups is 1. The molecular weight excluding hydrogens is 177 g/mol. The lowest BCUT2D eigenvalue weighted by atomic mass is 10.1. The Balaban J connectivity index is 2.48. The normalized spacial score (nSPS) is 9.50. The van der Waals surface area contributed by atoms with E-state index in [2.05, 4.69) is 4.99 Å². The maximum atomic E-state index is 5.21. The smallest absolute Gasteiger partial charge is 0.185 e. The summed E-state index contributed by atoms with van der Waals surface area (Å²) in [5.74, 6) is 0.995. The Labute approximate surface area is 83.6 Å². The first kappa shape index (κ1) is 10.4. The summed E-state index contributed by atoms with van der Waals surface area (Å²) in [5.41, 5.74) is 11.6. The molecule has 76 valence electrons. The third-order valence-corrected chi connectivity index (χ3v) is 1.85. The van der Waals surface area contributed by atoms with Crippen molar-refractivity contribution in [2.75, 3.05) is 13.7 Å². The Morgan fingerprint density at radius 1 is 1.29 bits per heavy atom. The van der Waals surface area contributed by atoms with Crippen LogP contribution in [0.4, 0.5) is 0 Å². The van der Waals surface area contributed by atoms with Crippen LogP contribution >= 0.6 is 0 Å². The average molecular weight is 192 g/mol. The summed E-state index contributed by atoms with van der Waals surface area (Å²) in [6, 6.07) is 7.85. The van der Waals surface area contributed by atoms with Crippen molar-refractivity contribution in [2.45, 2.75) is 6.42 Å². The Morgan fingerprint density at radius 2 is 1.93 bits per heavy atom. The first-order valence-electron chi connectivity index (χ1n) is 4.40. The van der Waals surface area contributed by atoms with Crippen LogP contribution in [0.15, 0.2) is 29.3 Å². The lowest BCUT2D eigenvalue weighted by molar-refractivity contribution is 0.414. The highest BCUT2D eigenvalue weighted by molar-refractivity contribution is 5.75. The quantitative estimate of drug-likeness (QED) is 0.539.